The van der Waals surface area contributed by atoms with Crippen LogP contribution in [0.15, 0.2) is 0 Å². The number of methoxy groups -OCH3 is 1. The van der Waals surface area contributed by atoms with Crippen molar-refractivity contribution in [2.75, 3.05) is 33.5 Å². The number of carbonyl (C=O) groups is 2. The zero-order valence-electron chi connectivity index (χ0n) is 8.32. The highest BCUT2D eigenvalue weighted by atomic mass is 16.6. The molecule has 0 atom stereocenters. The molecule has 84 valence electrons. The van der Waals surface area contributed by atoms with Gasteiger partial charge in [-0.2, -0.15) is 0 Å². The Bertz CT molecular complexity index is 262. The van der Waals surface area contributed by atoms with E-state index in [0.29, 0.717) is 13.2 Å². The Morgan fingerprint density at radius 3 is 2.40 bits per heavy atom. The number of aliphatic carboxylic acids is 1. The lowest BCUT2D eigenvalue weighted by Crippen LogP contribution is -2.11. The molecule has 0 unspecified atom stereocenters. The van der Waals surface area contributed by atoms with Crippen molar-refractivity contribution in [2.45, 2.75) is 0 Å². The normalized spacial score (nSPS) is 8.87. The van der Waals surface area contributed by atoms with Crippen LogP contribution >= 0.6 is 0 Å². The molecule has 0 saturated heterocycles. The van der Waals surface area contributed by atoms with Crippen LogP contribution < -0.4 is 0 Å². The fraction of sp³-hybridized carbons (Fsp3) is 0.556. The standard InChI is InChI=1S/C9H12O6/c1-13-4-5-14-6-7-15-9(12)3-2-8(10)11/h4-7H2,1H3,(H,10,11). The third-order valence-electron chi connectivity index (χ3n) is 1.16. The molecule has 0 aliphatic rings. The van der Waals surface area contributed by atoms with E-state index in [1.807, 2.05) is 0 Å². The molecule has 0 saturated carbocycles. The molecular weight excluding hydrogens is 204 g/mol. The molecule has 0 bridgehead atoms. The average Bonchev–Trinajstić information content (AvgIpc) is 2.20. The van der Waals surface area contributed by atoms with Crippen molar-refractivity contribution in [3.63, 3.8) is 0 Å². The lowest BCUT2D eigenvalue weighted by molar-refractivity contribution is -0.138. The molecule has 0 aromatic carbocycles. The highest BCUT2D eigenvalue weighted by Crippen LogP contribution is 1.80. The minimum absolute atomic E-state index is 0.0385. The first kappa shape index (κ1) is 13.4. The second-order valence-electron chi connectivity index (χ2n) is 2.30. The van der Waals surface area contributed by atoms with Gasteiger partial charge in [0.15, 0.2) is 0 Å². The minimum atomic E-state index is -1.37. The first-order chi connectivity index (χ1) is 7.16. The lowest BCUT2D eigenvalue weighted by Gasteiger charge is -2.02. The highest BCUT2D eigenvalue weighted by molar-refractivity contribution is 5.97. The van der Waals surface area contributed by atoms with Gasteiger partial charge in [0.05, 0.1) is 19.8 Å². The van der Waals surface area contributed by atoms with E-state index >= 15 is 0 Å². The zero-order valence-corrected chi connectivity index (χ0v) is 8.32. The van der Waals surface area contributed by atoms with Crippen molar-refractivity contribution in [3.8, 4) is 11.8 Å². The Morgan fingerprint density at radius 2 is 1.80 bits per heavy atom. The molecule has 6 heteroatoms. The summed E-state index contributed by atoms with van der Waals surface area (Å²) < 4.78 is 14.2. The Morgan fingerprint density at radius 1 is 1.13 bits per heavy atom. The van der Waals surface area contributed by atoms with Crippen molar-refractivity contribution < 1.29 is 28.9 Å². The number of esters is 1. The van der Waals surface area contributed by atoms with Gasteiger partial charge in [-0.05, 0) is 0 Å². The molecule has 0 rings (SSSR count). The number of carboxylic acid groups (broad SMARTS) is 1. The summed E-state index contributed by atoms with van der Waals surface area (Å²) in [5.41, 5.74) is 0. The first-order valence-electron chi connectivity index (χ1n) is 4.15. The smallest absolute Gasteiger partial charge is 0.385 e. The van der Waals surface area contributed by atoms with Crippen LogP contribution in [0, 0.1) is 11.8 Å². The molecule has 0 radical (unpaired) electrons. The van der Waals surface area contributed by atoms with Crippen LogP contribution in [0.3, 0.4) is 0 Å². The second kappa shape index (κ2) is 8.99. The van der Waals surface area contributed by atoms with Crippen LogP contribution in [0.5, 0.6) is 0 Å². The number of hydrogen-bond donors (Lipinski definition) is 1. The molecular formula is C9H12O6. The minimum Gasteiger partial charge on any atom is -0.472 e. The predicted molar refractivity (Wildman–Crippen MR) is 49.1 cm³/mol. The summed E-state index contributed by atoms with van der Waals surface area (Å²) in [6.45, 7) is 1.14. The summed E-state index contributed by atoms with van der Waals surface area (Å²) in [7, 11) is 1.55. The van der Waals surface area contributed by atoms with E-state index in [2.05, 4.69) is 4.74 Å². The molecule has 0 heterocycles. The largest absolute Gasteiger partial charge is 0.472 e. The number of rotatable bonds is 6. The van der Waals surface area contributed by atoms with Gasteiger partial charge in [0.25, 0.3) is 0 Å². The van der Waals surface area contributed by atoms with E-state index in [1.165, 1.54) is 0 Å². The van der Waals surface area contributed by atoms with Gasteiger partial charge < -0.3 is 19.3 Å². The number of ether oxygens (including phenoxy) is 3. The van der Waals surface area contributed by atoms with Crippen LogP contribution in [-0.4, -0.2) is 50.6 Å². The van der Waals surface area contributed by atoms with E-state index < -0.39 is 11.9 Å². The molecule has 0 spiro atoms. The summed E-state index contributed by atoms with van der Waals surface area (Å²) >= 11 is 0. The average molecular weight is 216 g/mol. The van der Waals surface area contributed by atoms with E-state index in [9.17, 15) is 9.59 Å². The molecule has 6 nitrogen and oxygen atoms in total. The van der Waals surface area contributed by atoms with E-state index in [-0.39, 0.29) is 13.2 Å². The Labute approximate surface area is 87.1 Å². The summed E-state index contributed by atoms with van der Waals surface area (Å²) in [6, 6.07) is 0. The summed E-state index contributed by atoms with van der Waals surface area (Å²) in [5.74, 6) is 1.18. The van der Waals surface area contributed by atoms with Gasteiger partial charge in [0.2, 0.25) is 0 Å². The van der Waals surface area contributed by atoms with Crippen molar-refractivity contribution >= 4 is 11.9 Å². The van der Waals surface area contributed by atoms with E-state index in [0.717, 1.165) is 0 Å². The maximum atomic E-state index is 10.7. The fourth-order valence-corrected chi connectivity index (χ4v) is 0.578. The van der Waals surface area contributed by atoms with Crippen LogP contribution in [0.1, 0.15) is 0 Å². The fourth-order valence-electron chi connectivity index (χ4n) is 0.578. The number of hydrogen-bond acceptors (Lipinski definition) is 5. The quantitative estimate of drug-likeness (QED) is 0.273. The van der Waals surface area contributed by atoms with Crippen LogP contribution in [0.2, 0.25) is 0 Å². The van der Waals surface area contributed by atoms with Gasteiger partial charge in [-0.1, -0.05) is 0 Å². The summed E-state index contributed by atoms with van der Waals surface area (Å²) in [6.07, 6.45) is 0. The number of carbonyl (C=O) groups excluding carboxylic acids is 1. The molecule has 0 aliphatic heterocycles. The summed E-state index contributed by atoms with van der Waals surface area (Å²) in [4.78, 5) is 20.6. The molecule has 0 aromatic heterocycles. The van der Waals surface area contributed by atoms with Gasteiger partial charge in [-0.3, -0.25) is 0 Å². The Kier molecular flexibility index (Phi) is 8.05. The predicted octanol–water partition coefficient (Wildman–Crippen LogP) is -0.719. The van der Waals surface area contributed by atoms with Gasteiger partial charge in [-0.25, -0.2) is 9.59 Å². The van der Waals surface area contributed by atoms with Crippen molar-refractivity contribution in [3.05, 3.63) is 0 Å². The molecule has 0 fully saturated rings. The lowest BCUT2D eigenvalue weighted by atomic mass is 10.6. The van der Waals surface area contributed by atoms with Crippen molar-refractivity contribution in [2.24, 2.45) is 0 Å². The highest BCUT2D eigenvalue weighted by Gasteiger charge is 1.97. The Balaban J connectivity index is 3.41. The molecule has 0 amide bonds. The first-order valence-corrected chi connectivity index (χ1v) is 4.15. The molecule has 15 heavy (non-hydrogen) atoms. The third-order valence-corrected chi connectivity index (χ3v) is 1.16. The topological polar surface area (TPSA) is 82.1 Å². The van der Waals surface area contributed by atoms with Crippen molar-refractivity contribution in [1.82, 2.24) is 0 Å². The monoisotopic (exact) mass is 216 g/mol. The van der Waals surface area contributed by atoms with Gasteiger partial charge >= 0.3 is 11.9 Å². The van der Waals surface area contributed by atoms with Gasteiger partial charge in [0.1, 0.15) is 6.61 Å². The second-order valence-corrected chi connectivity index (χ2v) is 2.30. The number of carboxylic acids is 1. The van der Waals surface area contributed by atoms with Crippen LogP contribution in [0.4, 0.5) is 0 Å². The van der Waals surface area contributed by atoms with Crippen LogP contribution in [0.25, 0.3) is 0 Å². The van der Waals surface area contributed by atoms with Crippen molar-refractivity contribution in [1.29, 1.82) is 0 Å². The van der Waals surface area contributed by atoms with Gasteiger partial charge in [0, 0.05) is 19.0 Å². The Hall–Kier alpha value is -1.58. The molecule has 0 aromatic rings. The van der Waals surface area contributed by atoms with Gasteiger partial charge in [-0.15, -0.1) is 0 Å². The van der Waals surface area contributed by atoms with Crippen LogP contribution in [-0.2, 0) is 23.8 Å². The zero-order chi connectivity index (χ0) is 11.5. The van der Waals surface area contributed by atoms with E-state index in [4.69, 9.17) is 14.6 Å². The maximum Gasteiger partial charge on any atom is 0.385 e. The summed E-state index contributed by atoms with van der Waals surface area (Å²) in [5, 5.41) is 8.11. The maximum absolute atomic E-state index is 10.7. The molecule has 1 N–H and O–H groups in total. The third kappa shape index (κ3) is 10.3. The SMILES string of the molecule is COCCOCCOC(=O)C#CC(=O)O. The van der Waals surface area contributed by atoms with E-state index in [1.54, 1.807) is 19.0 Å². The molecule has 0 aliphatic carbocycles.